The lowest BCUT2D eigenvalue weighted by Gasteiger charge is -2.30. The molecule has 1 saturated heterocycles. The molecule has 1 fully saturated rings. The molecule has 36 heavy (non-hydrogen) atoms. The van der Waals surface area contributed by atoms with Crippen LogP contribution in [0.5, 0.6) is 5.75 Å². The second-order valence-corrected chi connectivity index (χ2v) is 12.5. The quantitative estimate of drug-likeness (QED) is 0.425. The zero-order valence-electron chi connectivity index (χ0n) is 21.4. The Hall–Kier alpha value is -2.29. The molecule has 7 nitrogen and oxygen atoms in total. The highest BCUT2D eigenvalue weighted by molar-refractivity contribution is 7.90. The Kier molecular flexibility index (Phi) is 8.48. The molecule has 0 unspecified atom stereocenters. The summed E-state index contributed by atoms with van der Waals surface area (Å²) in [5.74, 6) is 0.964. The standard InChI is InChI=1S/C27H36ClN3O4S/c1-4-5-15-35-23-7-8-24-20(17-23)10-13-31(27(24)32)21-6-9-26(25(28)18-21)30-12-11-22(19-30)29(2)14-16-36(3,33)34/h6-9,17-18,22H,4-5,10-16,19H2,1-3H3/t22-/m1/s1. The minimum absolute atomic E-state index is 0.0195. The van der Waals surface area contributed by atoms with E-state index in [1.807, 2.05) is 43.4 Å². The molecule has 1 amide bonds. The van der Waals surface area contributed by atoms with Crippen LogP contribution in [-0.2, 0) is 16.3 Å². The first-order chi connectivity index (χ1) is 17.2. The van der Waals surface area contributed by atoms with Crippen LogP contribution in [0.4, 0.5) is 11.4 Å². The van der Waals surface area contributed by atoms with Crippen molar-refractivity contribution < 1.29 is 17.9 Å². The van der Waals surface area contributed by atoms with Crippen molar-refractivity contribution in [2.24, 2.45) is 0 Å². The summed E-state index contributed by atoms with van der Waals surface area (Å²) >= 11 is 6.72. The average molecular weight is 534 g/mol. The fourth-order valence-electron chi connectivity index (χ4n) is 4.87. The number of benzene rings is 2. The van der Waals surface area contributed by atoms with Crippen LogP contribution < -0.4 is 14.5 Å². The van der Waals surface area contributed by atoms with Gasteiger partial charge < -0.3 is 19.4 Å². The average Bonchev–Trinajstić information content (AvgIpc) is 3.32. The van der Waals surface area contributed by atoms with Gasteiger partial charge in [0.2, 0.25) is 0 Å². The van der Waals surface area contributed by atoms with Crippen LogP contribution in [0.3, 0.4) is 0 Å². The molecule has 2 aliphatic heterocycles. The summed E-state index contributed by atoms with van der Waals surface area (Å²) in [5, 5.41) is 0.616. The fraction of sp³-hybridized carbons (Fsp3) is 0.519. The monoisotopic (exact) mass is 533 g/mol. The molecule has 0 spiro atoms. The first-order valence-electron chi connectivity index (χ1n) is 12.7. The van der Waals surface area contributed by atoms with Gasteiger partial charge in [-0.25, -0.2) is 8.42 Å². The molecule has 1 atom stereocenters. The van der Waals surface area contributed by atoms with Gasteiger partial charge in [-0.2, -0.15) is 0 Å². The molecule has 4 rings (SSSR count). The lowest BCUT2D eigenvalue weighted by atomic mass is 9.98. The maximum atomic E-state index is 13.3. The minimum Gasteiger partial charge on any atom is -0.494 e. The Balaban J connectivity index is 1.41. The predicted octanol–water partition coefficient (Wildman–Crippen LogP) is 4.28. The van der Waals surface area contributed by atoms with Gasteiger partial charge in [-0.15, -0.1) is 0 Å². The number of ether oxygens (including phenoxy) is 1. The highest BCUT2D eigenvalue weighted by Gasteiger charge is 2.29. The number of fused-ring (bicyclic) bond motifs is 1. The van der Waals surface area contributed by atoms with Gasteiger partial charge in [0, 0.05) is 49.7 Å². The molecule has 0 aliphatic carbocycles. The number of halogens is 1. The number of hydrogen-bond acceptors (Lipinski definition) is 6. The summed E-state index contributed by atoms with van der Waals surface area (Å²) in [7, 11) is -1.01. The molecule has 2 heterocycles. The van der Waals surface area contributed by atoms with Crippen LogP contribution in [0.1, 0.15) is 42.1 Å². The number of amides is 1. The van der Waals surface area contributed by atoms with E-state index in [1.54, 1.807) is 4.90 Å². The molecule has 2 aromatic rings. The number of likely N-dealkylation sites (N-methyl/N-ethyl adjacent to an activating group) is 1. The zero-order chi connectivity index (χ0) is 25.9. The summed E-state index contributed by atoms with van der Waals surface area (Å²) < 4.78 is 28.8. The molecule has 2 aliphatic rings. The van der Waals surface area contributed by atoms with Gasteiger partial charge in [-0.1, -0.05) is 24.9 Å². The van der Waals surface area contributed by atoms with Crippen molar-refractivity contribution in [3.05, 3.63) is 52.5 Å². The SMILES string of the molecule is CCCCOc1ccc2c(c1)CCN(c1ccc(N3CC[C@@H](N(C)CCS(C)(=O)=O)C3)c(Cl)c1)C2=O. The summed E-state index contributed by atoms with van der Waals surface area (Å²) in [5.41, 5.74) is 3.47. The first kappa shape index (κ1) is 26.8. The maximum absolute atomic E-state index is 13.3. The van der Waals surface area contributed by atoms with Gasteiger partial charge in [-0.3, -0.25) is 4.79 Å². The molecule has 0 bridgehead atoms. The number of carbonyl (C=O) groups is 1. The molecule has 0 aromatic heterocycles. The lowest BCUT2D eigenvalue weighted by Crippen LogP contribution is -2.38. The molecule has 2 aromatic carbocycles. The number of anilines is 2. The topological polar surface area (TPSA) is 70.2 Å². The van der Waals surface area contributed by atoms with Gasteiger partial charge in [0.05, 0.1) is 23.1 Å². The Labute approximate surface area is 219 Å². The maximum Gasteiger partial charge on any atom is 0.258 e. The number of hydrogen-bond donors (Lipinski definition) is 0. The van der Waals surface area contributed by atoms with Crippen molar-refractivity contribution in [3.8, 4) is 5.75 Å². The van der Waals surface area contributed by atoms with Gasteiger partial charge in [0.15, 0.2) is 0 Å². The highest BCUT2D eigenvalue weighted by atomic mass is 35.5. The Morgan fingerprint density at radius 1 is 1.17 bits per heavy atom. The minimum atomic E-state index is -2.98. The number of sulfone groups is 1. The first-order valence-corrected chi connectivity index (χ1v) is 15.1. The van der Waals surface area contributed by atoms with E-state index in [0.29, 0.717) is 30.3 Å². The van der Waals surface area contributed by atoms with Crippen LogP contribution in [0.2, 0.25) is 5.02 Å². The Morgan fingerprint density at radius 3 is 2.69 bits per heavy atom. The van der Waals surface area contributed by atoms with E-state index in [0.717, 1.165) is 61.5 Å². The van der Waals surface area contributed by atoms with Gasteiger partial charge in [-0.05, 0) is 68.3 Å². The Morgan fingerprint density at radius 2 is 1.97 bits per heavy atom. The van der Waals surface area contributed by atoms with E-state index in [-0.39, 0.29) is 17.7 Å². The van der Waals surface area contributed by atoms with Crippen LogP contribution in [0.25, 0.3) is 0 Å². The summed E-state index contributed by atoms with van der Waals surface area (Å²) in [4.78, 5) is 19.4. The van der Waals surface area contributed by atoms with Crippen LogP contribution in [-0.4, -0.2) is 77.1 Å². The third-order valence-corrected chi connectivity index (χ3v) is 8.34. The van der Waals surface area contributed by atoms with E-state index in [2.05, 4.69) is 16.7 Å². The second kappa shape index (κ2) is 11.4. The summed E-state index contributed by atoms with van der Waals surface area (Å²) in [6, 6.07) is 11.8. The van der Waals surface area contributed by atoms with Gasteiger partial charge >= 0.3 is 0 Å². The number of nitrogens with zero attached hydrogens (tertiary/aromatic N) is 3. The van der Waals surface area contributed by atoms with E-state index in [4.69, 9.17) is 16.3 Å². The number of rotatable bonds is 10. The smallest absolute Gasteiger partial charge is 0.258 e. The van der Waals surface area contributed by atoms with Crippen molar-refractivity contribution in [2.45, 2.75) is 38.6 Å². The fourth-order valence-corrected chi connectivity index (χ4v) is 5.78. The molecule has 0 saturated carbocycles. The number of unbranched alkanes of at least 4 members (excludes halogenated alkanes) is 1. The third kappa shape index (κ3) is 6.33. The predicted molar refractivity (Wildman–Crippen MR) is 147 cm³/mol. The van der Waals surface area contributed by atoms with Crippen LogP contribution in [0, 0.1) is 0 Å². The van der Waals surface area contributed by atoms with Crippen LogP contribution in [0.15, 0.2) is 36.4 Å². The summed E-state index contributed by atoms with van der Waals surface area (Å²) in [6.07, 6.45) is 5.08. The van der Waals surface area contributed by atoms with Crippen molar-refractivity contribution in [1.29, 1.82) is 0 Å². The largest absolute Gasteiger partial charge is 0.494 e. The Bertz CT molecular complexity index is 1200. The van der Waals surface area contributed by atoms with Crippen molar-refractivity contribution in [2.75, 3.05) is 61.6 Å². The van der Waals surface area contributed by atoms with Crippen LogP contribution >= 0.6 is 11.6 Å². The normalized spacial score (nSPS) is 18.1. The molecular formula is C27H36ClN3O4S. The van der Waals surface area contributed by atoms with E-state index in [9.17, 15) is 13.2 Å². The van der Waals surface area contributed by atoms with E-state index < -0.39 is 9.84 Å². The molecule has 0 radical (unpaired) electrons. The zero-order valence-corrected chi connectivity index (χ0v) is 22.9. The molecule has 196 valence electrons. The van der Waals surface area contributed by atoms with Crippen molar-refractivity contribution in [3.63, 3.8) is 0 Å². The van der Waals surface area contributed by atoms with Crippen molar-refractivity contribution >= 4 is 38.7 Å². The lowest BCUT2D eigenvalue weighted by molar-refractivity contribution is 0.0980. The summed E-state index contributed by atoms with van der Waals surface area (Å²) in [6.45, 7) is 5.58. The second-order valence-electron chi connectivity index (χ2n) is 9.86. The molecule has 0 N–H and O–H groups in total. The van der Waals surface area contributed by atoms with E-state index >= 15 is 0 Å². The van der Waals surface area contributed by atoms with Gasteiger partial charge in [0.25, 0.3) is 5.91 Å². The highest BCUT2D eigenvalue weighted by Crippen LogP contribution is 2.35. The van der Waals surface area contributed by atoms with E-state index in [1.165, 1.54) is 6.26 Å². The number of carbonyl (C=O) groups excluding carboxylic acids is 1. The third-order valence-electron chi connectivity index (χ3n) is 7.11. The van der Waals surface area contributed by atoms with Gasteiger partial charge in [0.1, 0.15) is 15.6 Å². The molecule has 9 heteroatoms. The van der Waals surface area contributed by atoms with Crippen molar-refractivity contribution in [1.82, 2.24) is 4.90 Å². The molecular weight excluding hydrogens is 498 g/mol.